The highest BCUT2D eigenvalue weighted by molar-refractivity contribution is 14.1. The Morgan fingerprint density at radius 3 is 2.67 bits per heavy atom. The number of carbonyl (C=O) groups is 2. The molecule has 0 aromatic heterocycles. The third-order valence-corrected chi connectivity index (χ3v) is 5.78. The number of halogens is 1. The molecule has 1 fully saturated rings. The van der Waals surface area contributed by atoms with E-state index in [9.17, 15) is 9.59 Å². The average molecular weight is 511 g/mol. The van der Waals surface area contributed by atoms with Gasteiger partial charge >= 0.3 is 5.97 Å². The molecule has 1 aliphatic rings. The summed E-state index contributed by atoms with van der Waals surface area (Å²) in [5.41, 5.74) is 1.60. The summed E-state index contributed by atoms with van der Waals surface area (Å²) in [7, 11) is 1.31. The van der Waals surface area contributed by atoms with Crippen molar-refractivity contribution >= 4 is 74.5 Å². The Labute approximate surface area is 179 Å². The highest BCUT2D eigenvalue weighted by atomic mass is 127. The number of anilines is 1. The minimum atomic E-state index is -0.445. The number of thiocarbonyl (C=S) groups is 1. The molecule has 1 amide bonds. The van der Waals surface area contributed by atoms with Gasteiger partial charge in [-0.1, -0.05) is 48.2 Å². The monoisotopic (exact) mass is 511 g/mol. The van der Waals surface area contributed by atoms with Crippen LogP contribution in [0, 0.1) is 3.57 Å². The SMILES string of the molecule is COC(=O)COc1ccc(/C=C2/SC(=S)N(c3ccccc3)C2=O)cc1I. The maximum atomic E-state index is 12.8. The number of para-hydroxylation sites is 1. The zero-order valence-corrected chi connectivity index (χ0v) is 18.0. The molecule has 0 spiro atoms. The minimum Gasteiger partial charge on any atom is -0.481 e. The maximum Gasteiger partial charge on any atom is 0.343 e. The number of rotatable bonds is 5. The Hall–Kier alpha value is -1.91. The van der Waals surface area contributed by atoms with Crippen LogP contribution in [0.3, 0.4) is 0 Å². The largest absolute Gasteiger partial charge is 0.481 e. The molecule has 0 unspecified atom stereocenters. The van der Waals surface area contributed by atoms with Crippen molar-refractivity contribution in [2.45, 2.75) is 0 Å². The second-order valence-electron chi connectivity index (χ2n) is 5.41. The van der Waals surface area contributed by atoms with Crippen LogP contribution in [0.5, 0.6) is 5.75 Å². The van der Waals surface area contributed by atoms with Crippen molar-refractivity contribution < 1.29 is 19.1 Å². The molecule has 0 saturated carbocycles. The van der Waals surface area contributed by atoms with Crippen molar-refractivity contribution in [2.75, 3.05) is 18.6 Å². The second-order valence-corrected chi connectivity index (χ2v) is 8.25. The Bertz CT molecular complexity index is 931. The van der Waals surface area contributed by atoms with Gasteiger partial charge in [-0.3, -0.25) is 9.69 Å². The number of methoxy groups -OCH3 is 1. The topological polar surface area (TPSA) is 55.8 Å². The van der Waals surface area contributed by atoms with Crippen molar-refractivity contribution in [3.8, 4) is 5.75 Å². The zero-order valence-electron chi connectivity index (χ0n) is 14.2. The Morgan fingerprint density at radius 1 is 1.26 bits per heavy atom. The molecule has 0 bridgehead atoms. The Kier molecular flexibility index (Phi) is 6.51. The van der Waals surface area contributed by atoms with E-state index in [4.69, 9.17) is 17.0 Å². The number of thioether (sulfide) groups is 1. The standard InChI is InChI=1S/C19H14INO4S2/c1-24-17(22)11-25-15-8-7-12(9-14(15)20)10-16-18(23)21(19(26)27-16)13-5-3-2-4-6-13/h2-10H,11H2,1H3/b16-10+. The second kappa shape index (κ2) is 8.85. The smallest absolute Gasteiger partial charge is 0.343 e. The molecule has 1 saturated heterocycles. The molecular formula is C19H14INO4S2. The summed E-state index contributed by atoms with van der Waals surface area (Å²) < 4.78 is 11.3. The molecule has 138 valence electrons. The zero-order chi connectivity index (χ0) is 19.4. The Balaban J connectivity index is 1.79. The summed E-state index contributed by atoms with van der Waals surface area (Å²) in [6.07, 6.45) is 1.80. The van der Waals surface area contributed by atoms with E-state index in [1.54, 1.807) is 12.1 Å². The van der Waals surface area contributed by atoms with E-state index in [2.05, 4.69) is 27.3 Å². The lowest BCUT2D eigenvalue weighted by molar-refractivity contribution is -0.142. The first-order valence-electron chi connectivity index (χ1n) is 7.82. The third-order valence-electron chi connectivity index (χ3n) is 3.64. The summed E-state index contributed by atoms with van der Waals surface area (Å²) in [4.78, 5) is 26.0. The predicted molar refractivity (Wildman–Crippen MR) is 119 cm³/mol. The van der Waals surface area contributed by atoms with E-state index in [-0.39, 0.29) is 12.5 Å². The molecule has 8 heteroatoms. The van der Waals surface area contributed by atoms with E-state index in [0.29, 0.717) is 15.0 Å². The number of amides is 1. The summed E-state index contributed by atoms with van der Waals surface area (Å²) in [6, 6.07) is 14.8. The van der Waals surface area contributed by atoms with Gasteiger partial charge in [-0.2, -0.15) is 0 Å². The van der Waals surface area contributed by atoms with Crippen LogP contribution in [0.1, 0.15) is 5.56 Å². The van der Waals surface area contributed by atoms with Gasteiger partial charge in [0.2, 0.25) is 0 Å². The van der Waals surface area contributed by atoms with Gasteiger partial charge in [-0.25, -0.2) is 4.79 Å². The molecular weight excluding hydrogens is 497 g/mol. The predicted octanol–water partition coefficient (Wildman–Crippen LogP) is 4.25. The van der Waals surface area contributed by atoms with E-state index >= 15 is 0 Å². The number of esters is 1. The average Bonchev–Trinajstić information content (AvgIpc) is 2.94. The van der Waals surface area contributed by atoms with Gasteiger partial charge in [-0.15, -0.1) is 0 Å². The lowest BCUT2D eigenvalue weighted by atomic mass is 10.2. The van der Waals surface area contributed by atoms with Crippen LogP contribution in [0.2, 0.25) is 0 Å². The fourth-order valence-corrected chi connectivity index (χ4v) is 4.33. The van der Waals surface area contributed by atoms with Gasteiger partial charge < -0.3 is 9.47 Å². The quantitative estimate of drug-likeness (QED) is 0.259. The molecule has 0 aliphatic carbocycles. The fraction of sp³-hybridized carbons (Fsp3) is 0.105. The first-order valence-corrected chi connectivity index (χ1v) is 10.1. The van der Waals surface area contributed by atoms with Crippen LogP contribution < -0.4 is 9.64 Å². The highest BCUT2D eigenvalue weighted by Gasteiger charge is 2.33. The first kappa shape index (κ1) is 19.8. The van der Waals surface area contributed by atoms with Gasteiger partial charge in [0.15, 0.2) is 10.9 Å². The van der Waals surface area contributed by atoms with Crippen LogP contribution in [-0.2, 0) is 14.3 Å². The number of carbonyl (C=O) groups excluding carboxylic acids is 2. The summed E-state index contributed by atoms with van der Waals surface area (Å²) >= 11 is 8.76. The van der Waals surface area contributed by atoms with Crippen molar-refractivity contribution in [3.63, 3.8) is 0 Å². The lowest BCUT2D eigenvalue weighted by Crippen LogP contribution is -2.27. The van der Waals surface area contributed by atoms with Crippen molar-refractivity contribution in [3.05, 3.63) is 62.6 Å². The first-order chi connectivity index (χ1) is 13.0. The summed E-state index contributed by atoms with van der Waals surface area (Å²) in [5.74, 6) is -0.00771. The third kappa shape index (κ3) is 4.69. The van der Waals surface area contributed by atoms with Gasteiger partial charge in [-0.05, 0) is 58.5 Å². The summed E-state index contributed by atoms with van der Waals surface area (Å²) in [6.45, 7) is -0.151. The van der Waals surface area contributed by atoms with E-state index in [0.717, 1.165) is 14.8 Å². The van der Waals surface area contributed by atoms with Crippen LogP contribution >= 0.6 is 46.6 Å². The summed E-state index contributed by atoms with van der Waals surface area (Å²) in [5, 5.41) is 0. The van der Waals surface area contributed by atoms with Gasteiger partial charge in [0, 0.05) is 0 Å². The fourth-order valence-electron chi connectivity index (χ4n) is 2.34. The van der Waals surface area contributed by atoms with Crippen LogP contribution in [0.25, 0.3) is 6.08 Å². The molecule has 0 atom stereocenters. The molecule has 1 aliphatic heterocycles. The molecule has 5 nitrogen and oxygen atoms in total. The molecule has 2 aromatic carbocycles. The molecule has 0 N–H and O–H groups in total. The highest BCUT2D eigenvalue weighted by Crippen LogP contribution is 2.36. The normalized spacial score (nSPS) is 15.3. The van der Waals surface area contributed by atoms with Crippen molar-refractivity contribution in [2.24, 2.45) is 0 Å². The molecule has 3 rings (SSSR count). The van der Waals surface area contributed by atoms with Crippen molar-refractivity contribution in [1.82, 2.24) is 0 Å². The van der Waals surface area contributed by atoms with Gasteiger partial charge in [0.1, 0.15) is 5.75 Å². The van der Waals surface area contributed by atoms with E-state index in [1.165, 1.54) is 23.8 Å². The van der Waals surface area contributed by atoms with E-state index < -0.39 is 5.97 Å². The van der Waals surface area contributed by atoms with Crippen LogP contribution in [-0.4, -0.2) is 29.9 Å². The van der Waals surface area contributed by atoms with Gasteiger partial charge in [0.25, 0.3) is 5.91 Å². The lowest BCUT2D eigenvalue weighted by Gasteiger charge is -2.13. The number of nitrogens with zero attached hydrogens (tertiary/aromatic N) is 1. The molecule has 1 heterocycles. The number of hydrogen-bond acceptors (Lipinski definition) is 6. The number of benzene rings is 2. The molecule has 27 heavy (non-hydrogen) atoms. The maximum absolute atomic E-state index is 12.8. The van der Waals surface area contributed by atoms with Crippen LogP contribution in [0.15, 0.2) is 53.4 Å². The van der Waals surface area contributed by atoms with E-state index in [1.807, 2.05) is 42.5 Å². The number of hydrogen-bond donors (Lipinski definition) is 0. The molecule has 2 aromatic rings. The van der Waals surface area contributed by atoms with Crippen LogP contribution in [0.4, 0.5) is 5.69 Å². The number of ether oxygens (including phenoxy) is 2. The van der Waals surface area contributed by atoms with Gasteiger partial charge in [0.05, 0.1) is 21.3 Å². The van der Waals surface area contributed by atoms with Crippen molar-refractivity contribution in [1.29, 1.82) is 0 Å². The Morgan fingerprint density at radius 2 is 2.00 bits per heavy atom. The molecule has 0 radical (unpaired) electrons. The minimum absolute atomic E-state index is 0.141.